The first-order valence-electron chi connectivity index (χ1n) is 11.0. The number of anilines is 1. The number of carbonyl (C=O) groups excluding carboxylic acids is 1. The van der Waals surface area contributed by atoms with E-state index in [0.717, 1.165) is 33.8 Å². The molecule has 2 aromatic rings. The molecule has 0 aliphatic carbocycles. The zero-order valence-corrected chi connectivity index (χ0v) is 19.5. The van der Waals surface area contributed by atoms with Crippen LogP contribution in [0.1, 0.15) is 50.8 Å². The Labute approximate surface area is 189 Å². The quantitative estimate of drug-likeness (QED) is 0.395. The van der Waals surface area contributed by atoms with E-state index in [0.29, 0.717) is 19.6 Å². The topological polar surface area (TPSA) is 78.9 Å². The van der Waals surface area contributed by atoms with Crippen LogP contribution in [-0.4, -0.2) is 43.4 Å². The minimum atomic E-state index is -0.947. The van der Waals surface area contributed by atoms with Gasteiger partial charge >= 0.3 is 12.0 Å². The van der Waals surface area contributed by atoms with Crippen molar-refractivity contribution >= 4 is 29.0 Å². The highest BCUT2D eigenvalue weighted by molar-refractivity contribution is 7.15. The van der Waals surface area contributed by atoms with E-state index in [-0.39, 0.29) is 6.03 Å². The van der Waals surface area contributed by atoms with Crippen LogP contribution in [0.5, 0.6) is 0 Å². The van der Waals surface area contributed by atoms with E-state index in [9.17, 15) is 14.7 Å². The molecule has 0 saturated heterocycles. The molecule has 0 fully saturated rings. The summed E-state index contributed by atoms with van der Waals surface area (Å²) in [6, 6.07) is 11.6. The predicted octanol–water partition coefficient (Wildman–Crippen LogP) is 5.56. The van der Waals surface area contributed by atoms with Gasteiger partial charge in [-0.25, -0.2) is 9.59 Å². The Morgan fingerprint density at radius 2 is 1.90 bits per heavy atom. The number of carboxylic acid groups (broad SMARTS) is 1. The van der Waals surface area contributed by atoms with Crippen molar-refractivity contribution in [3.05, 3.63) is 41.3 Å². The van der Waals surface area contributed by atoms with Crippen LogP contribution in [0.3, 0.4) is 0 Å². The van der Waals surface area contributed by atoms with E-state index in [1.807, 2.05) is 36.4 Å². The van der Waals surface area contributed by atoms with Crippen molar-refractivity contribution in [3.63, 3.8) is 0 Å². The molecule has 0 aliphatic heterocycles. The molecule has 170 valence electrons. The van der Waals surface area contributed by atoms with Crippen LogP contribution >= 0.6 is 11.3 Å². The minimum absolute atomic E-state index is 0.111. The van der Waals surface area contributed by atoms with Crippen molar-refractivity contribution in [1.82, 2.24) is 5.32 Å². The molecule has 0 unspecified atom stereocenters. The van der Waals surface area contributed by atoms with Crippen molar-refractivity contribution in [3.8, 4) is 10.4 Å². The van der Waals surface area contributed by atoms with Crippen LogP contribution in [0.4, 0.5) is 10.5 Å². The van der Waals surface area contributed by atoms with Crippen LogP contribution in [0, 0.1) is 0 Å². The molecular weight excluding hydrogens is 412 g/mol. The normalized spacial score (nSPS) is 11.8. The first-order valence-corrected chi connectivity index (χ1v) is 11.8. The number of benzene rings is 1. The molecule has 0 saturated carbocycles. The molecule has 0 spiro atoms. The number of hydrogen-bond acceptors (Lipinski definition) is 4. The lowest BCUT2D eigenvalue weighted by molar-refractivity contribution is -0.149. The van der Waals surface area contributed by atoms with Crippen molar-refractivity contribution < 1.29 is 19.4 Å². The fourth-order valence-corrected chi connectivity index (χ4v) is 4.31. The van der Waals surface area contributed by atoms with Gasteiger partial charge in [0.05, 0.1) is 0 Å². The first-order chi connectivity index (χ1) is 15.0. The number of rotatable bonds is 13. The van der Waals surface area contributed by atoms with Crippen LogP contribution in [0.15, 0.2) is 36.4 Å². The van der Waals surface area contributed by atoms with Gasteiger partial charge in [-0.15, -0.1) is 11.3 Å². The van der Waals surface area contributed by atoms with Crippen LogP contribution in [-0.2, 0) is 16.0 Å². The number of thiophene rings is 1. The van der Waals surface area contributed by atoms with Crippen molar-refractivity contribution in [2.75, 3.05) is 25.1 Å². The largest absolute Gasteiger partial charge is 0.479 e. The van der Waals surface area contributed by atoms with Gasteiger partial charge in [0.15, 0.2) is 6.10 Å². The maximum Gasteiger partial charge on any atom is 0.333 e. The van der Waals surface area contributed by atoms with Crippen molar-refractivity contribution in [2.24, 2.45) is 0 Å². The second kappa shape index (κ2) is 13.1. The Morgan fingerprint density at radius 3 is 2.61 bits per heavy atom. The maximum atomic E-state index is 12.5. The summed E-state index contributed by atoms with van der Waals surface area (Å²) in [5.74, 6) is -0.947. The van der Waals surface area contributed by atoms with E-state index >= 15 is 0 Å². The van der Waals surface area contributed by atoms with E-state index in [4.69, 9.17) is 4.74 Å². The predicted molar refractivity (Wildman–Crippen MR) is 127 cm³/mol. The first kappa shape index (κ1) is 24.9. The van der Waals surface area contributed by atoms with E-state index in [1.54, 1.807) is 30.2 Å². The molecule has 1 atom stereocenters. The van der Waals surface area contributed by atoms with Crippen LogP contribution < -0.4 is 10.2 Å². The zero-order valence-electron chi connectivity index (χ0n) is 18.7. The molecule has 1 aromatic carbocycles. The highest BCUT2D eigenvalue weighted by atomic mass is 32.1. The summed E-state index contributed by atoms with van der Waals surface area (Å²) in [5, 5.41) is 12.3. The van der Waals surface area contributed by atoms with Gasteiger partial charge in [-0.3, -0.25) is 4.90 Å². The molecule has 6 nitrogen and oxygen atoms in total. The van der Waals surface area contributed by atoms with Gasteiger partial charge in [-0.2, -0.15) is 0 Å². The molecule has 1 heterocycles. The second-order valence-corrected chi connectivity index (χ2v) is 8.68. The fourth-order valence-electron chi connectivity index (χ4n) is 3.27. The average Bonchev–Trinajstić information content (AvgIpc) is 3.24. The lowest BCUT2D eigenvalue weighted by Crippen LogP contribution is -2.37. The number of carboxylic acids is 1. The third kappa shape index (κ3) is 7.99. The lowest BCUT2D eigenvalue weighted by atomic mass is 10.1. The summed E-state index contributed by atoms with van der Waals surface area (Å²) in [6.45, 7) is 5.03. The molecule has 0 radical (unpaired) electrons. The number of unbranched alkanes of at least 4 members (excludes halogenated alkanes) is 4. The molecule has 2 amide bonds. The maximum absolute atomic E-state index is 12.5. The number of urea groups is 1. The van der Waals surface area contributed by atoms with E-state index in [1.165, 1.54) is 19.3 Å². The zero-order chi connectivity index (χ0) is 22.6. The van der Waals surface area contributed by atoms with Gasteiger partial charge in [0, 0.05) is 42.1 Å². The van der Waals surface area contributed by atoms with E-state index < -0.39 is 12.1 Å². The molecule has 7 heteroatoms. The molecule has 0 aliphatic rings. The number of nitrogens with zero attached hydrogens (tertiary/aromatic N) is 1. The number of amides is 2. The number of carbonyl (C=O) groups is 2. The summed E-state index contributed by atoms with van der Waals surface area (Å²) in [5.41, 5.74) is 1.81. The summed E-state index contributed by atoms with van der Waals surface area (Å²) < 4.78 is 5.31. The Kier molecular flexibility index (Phi) is 10.5. The summed E-state index contributed by atoms with van der Waals surface area (Å²) in [6.07, 6.45) is 5.31. The number of hydrogen-bond donors (Lipinski definition) is 2. The molecule has 2 N–H and O–H groups in total. The molecule has 0 bridgehead atoms. The number of nitrogens with one attached hydrogen (secondary N) is 1. The molecule has 1 aromatic heterocycles. The average molecular weight is 447 g/mol. The summed E-state index contributed by atoms with van der Waals surface area (Å²) >= 11 is 1.55. The van der Waals surface area contributed by atoms with Crippen molar-refractivity contribution in [2.45, 2.75) is 58.5 Å². The third-order valence-electron chi connectivity index (χ3n) is 5.07. The van der Waals surface area contributed by atoms with Gasteiger partial charge in [-0.05, 0) is 43.2 Å². The van der Waals surface area contributed by atoms with Gasteiger partial charge in [0.2, 0.25) is 0 Å². The number of ether oxygens (including phenoxy) is 1. The van der Waals surface area contributed by atoms with Gasteiger partial charge in [0.1, 0.15) is 0 Å². The Hall–Kier alpha value is -2.38. The minimum Gasteiger partial charge on any atom is -0.479 e. The SMILES string of the molecule is CCCCCCCNC(=O)N(C)c1cccc(-c2ccc(C[C@H](OCC)C(=O)O)s2)c1. The number of aliphatic carboxylic acids is 1. The smallest absolute Gasteiger partial charge is 0.333 e. The van der Waals surface area contributed by atoms with Gasteiger partial charge in [0.25, 0.3) is 0 Å². The Bertz CT molecular complexity index is 836. The highest BCUT2D eigenvalue weighted by Gasteiger charge is 2.19. The van der Waals surface area contributed by atoms with Crippen LogP contribution in [0.2, 0.25) is 0 Å². The standard InChI is InChI=1S/C24H34N2O4S/c1-4-6-7-8-9-15-25-24(29)26(3)19-12-10-11-18(16-19)22-14-13-20(31-22)17-21(23(27)28)30-5-2/h10-14,16,21H,4-9,15,17H2,1-3H3,(H,25,29)(H,27,28)/t21-/m0/s1. The summed E-state index contributed by atoms with van der Waals surface area (Å²) in [4.78, 5) is 27.4. The Morgan fingerprint density at radius 1 is 1.13 bits per heavy atom. The lowest BCUT2D eigenvalue weighted by Gasteiger charge is -2.19. The second-order valence-electron chi connectivity index (χ2n) is 7.51. The highest BCUT2D eigenvalue weighted by Crippen LogP contribution is 2.31. The van der Waals surface area contributed by atoms with Gasteiger partial charge < -0.3 is 15.2 Å². The molecule has 2 rings (SSSR count). The monoisotopic (exact) mass is 446 g/mol. The molecular formula is C24H34N2O4S. The van der Waals surface area contributed by atoms with Gasteiger partial charge in [-0.1, -0.05) is 44.7 Å². The Balaban J connectivity index is 1.97. The fraction of sp³-hybridized carbons (Fsp3) is 0.500. The summed E-state index contributed by atoms with van der Waals surface area (Å²) in [7, 11) is 1.77. The van der Waals surface area contributed by atoms with Crippen molar-refractivity contribution in [1.29, 1.82) is 0 Å². The van der Waals surface area contributed by atoms with E-state index in [2.05, 4.69) is 12.2 Å². The molecule has 31 heavy (non-hydrogen) atoms. The van der Waals surface area contributed by atoms with Crippen LogP contribution in [0.25, 0.3) is 10.4 Å². The third-order valence-corrected chi connectivity index (χ3v) is 6.23.